The SMILES string of the molecule is Cc1ccccc1C(=O)NC(=S)NNC(=O)CCc1ccccc1. The number of aryl methyl sites for hydroxylation is 2. The Balaban J connectivity index is 1.73. The molecular formula is C18H19N3O2S. The molecule has 0 fully saturated rings. The molecular weight excluding hydrogens is 322 g/mol. The highest BCUT2D eigenvalue weighted by molar-refractivity contribution is 7.80. The van der Waals surface area contributed by atoms with Gasteiger partial charge in [-0.1, -0.05) is 48.5 Å². The van der Waals surface area contributed by atoms with E-state index in [-0.39, 0.29) is 16.9 Å². The number of benzene rings is 2. The number of nitrogens with one attached hydrogen (secondary N) is 3. The minimum Gasteiger partial charge on any atom is -0.298 e. The maximum absolute atomic E-state index is 12.1. The molecule has 0 aliphatic heterocycles. The van der Waals surface area contributed by atoms with Crippen LogP contribution in [0.25, 0.3) is 0 Å². The Hall–Kier alpha value is -2.73. The molecule has 0 aliphatic rings. The van der Waals surface area contributed by atoms with Crippen LogP contribution in [0.15, 0.2) is 54.6 Å². The highest BCUT2D eigenvalue weighted by Crippen LogP contribution is 2.06. The number of hydrogen-bond donors (Lipinski definition) is 3. The fourth-order valence-corrected chi connectivity index (χ4v) is 2.26. The molecule has 24 heavy (non-hydrogen) atoms. The van der Waals surface area contributed by atoms with Crippen molar-refractivity contribution >= 4 is 29.1 Å². The number of carbonyl (C=O) groups is 2. The lowest BCUT2D eigenvalue weighted by Crippen LogP contribution is -2.48. The third-order valence-electron chi connectivity index (χ3n) is 3.42. The van der Waals surface area contributed by atoms with Gasteiger partial charge in [0.05, 0.1) is 0 Å². The highest BCUT2D eigenvalue weighted by Gasteiger charge is 2.10. The summed E-state index contributed by atoms with van der Waals surface area (Å²) in [5.74, 6) is -0.518. The van der Waals surface area contributed by atoms with Crippen molar-refractivity contribution in [2.75, 3.05) is 0 Å². The predicted octanol–water partition coefficient (Wildman–Crippen LogP) is 2.26. The van der Waals surface area contributed by atoms with E-state index in [1.807, 2.05) is 49.4 Å². The van der Waals surface area contributed by atoms with Crippen molar-refractivity contribution in [3.05, 3.63) is 71.3 Å². The van der Waals surface area contributed by atoms with E-state index < -0.39 is 0 Å². The lowest BCUT2D eigenvalue weighted by atomic mass is 10.1. The fourth-order valence-electron chi connectivity index (χ4n) is 2.12. The Labute approximate surface area is 146 Å². The van der Waals surface area contributed by atoms with Crippen LogP contribution in [0.5, 0.6) is 0 Å². The second-order valence-electron chi connectivity index (χ2n) is 5.26. The van der Waals surface area contributed by atoms with E-state index in [0.717, 1.165) is 11.1 Å². The normalized spacial score (nSPS) is 9.88. The molecule has 0 spiro atoms. The van der Waals surface area contributed by atoms with Gasteiger partial charge in [-0.2, -0.15) is 0 Å². The van der Waals surface area contributed by atoms with Gasteiger partial charge in [-0.05, 0) is 42.8 Å². The third kappa shape index (κ3) is 5.48. The van der Waals surface area contributed by atoms with Crippen molar-refractivity contribution in [1.29, 1.82) is 0 Å². The monoisotopic (exact) mass is 341 g/mol. The average molecular weight is 341 g/mol. The summed E-state index contributed by atoms with van der Waals surface area (Å²) in [6.07, 6.45) is 0.960. The zero-order chi connectivity index (χ0) is 17.4. The number of carbonyl (C=O) groups excluding carboxylic acids is 2. The van der Waals surface area contributed by atoms with Crippen LogP contribution in [-0.4, -0.2) is 16.9 Å². The largest absolute Gasteiger partial charge is 0.298 e. The molecule has 5 nitrogen and oxygen atoms in total. The van der Waals surface area contributed by atoms with E-state index in [9.17, 15) is 9.59 Å². The molecule has 0 saturated heterocycles. The Morgan fingerprint density at radius 2 is 1.62 bits per heavy atom. The van der Waals surface area contributed by atoms with Crippen LogP contribution in [-0.2, 0) is 11.2 Å². The van der Waals surface area contributed by atoms with Crippen molar-refractivity contribution in [3.63, 3.8) is 0 Å². The summed E-state index contributed by atoms with van der Waals surface area (Å²) < 4.78 is 0. The van der Waals surface area contributed by atoms with E-state index in [2.05, 4.69) is 16.2 Å². The van der Waals surface area contributed by atoms with Gasteiger partial charge >= 0.3 is 0 Å². The fraction of sp³-hybridized carbons (Fsp3) is 0.167. The summed E-state index contributed by atoms with van der Waals surface area (Å²) in [5, 5.41) is 2.59. The molecule has 0 aliphatic carbocycles. The van der Waals surface area contributed by atoms with Crippen LogP contribution >= 0.6 is 12.2 Å². The van der Waals surface area contributed by atoms with Crippen molar-refractivity contribution in [1.82, 2.24) is 16.2 Å². The smallest absolute Gasteiger partial charge is 0.257 e. The number of hydrogen-bond acceptors (Lipinski definition) is 3. The summed E-state index contributed by atoms with van der Waals surface area (Å²) >= 11 is 5.01. The molecule has 0 aromatic heterocycles. The molecule has 2 amide bonds. The van der Waals surface area contributed by atoms with Crippen molar-refractivity contribution in [3.8, 4) is 0 Å². The lowest BCUT2D eigenvalue weighted by Gasteiger charge is -2.11. The molecule has 6 heteroatoms. The minimum atomic E-state index is -0.316. The van der Waals surface area contributed by atoms with Crippen LogP contribution in [0.3, 0.4) is 0 Å². The average Bonchev–Trinajstić information content (AvgIpc) is 2.59. The van der Waals surface area contributed by atoms with Gasteiger partial charge in [-0.15, -0.1) is 0 Å². The molecule has 0 heterocycles. The van der Waals surface area contributed by atoms with Crippen molar-refractivity contribution < 1.29 is 9.59 Å². The second-order valence-corrected chi connectivity index (χ2v) is 5.67. The second kappa shape index (κ2) is 8.79. The first kappa shape index (κ1) is 17.6. The summed E-state index contributed by atoms with van der Waals surface area (Å²) in [5.41, 5.74) is 7.49. The van der Waals surface area contributed by atoms with Gasteiger partial charge in [-0.25, -0.2) is 0 Å². The topological polar surface area (TPSA) is 70.2 Å². The minimum absolute atomic E-state index is 0.0521. The van der Waals surface area contributed by atoms with Crippen LogP contribution in [0.2, 0.25) is 0 Å². The van der Waals surface area contributed by atoms with Gasteiger partial charge in [0, 0.05) is 12.0 Å². The summed E-state index contributed by atoms with van der Waals surface area (Å²) in [6, 6.07) is 16.9. The summed E-state index contributed by atoms with van der Waals surface area (Å²) in [4.78, 5) is 23.9. The third-order valence-corrected chi connectivity index (χ3v) is 3.62. The Morgan fingerprint density at radius 3 is 2.33 bits per heavy atom. The first-order valence-corrected chi connectivity index (χ1v) is 7.97. The zero-order valence-electron chi connectivity index (χ0n) is 13.3. The molecule has 0 atom stereocenters. The van der Waals surface area contributed by atoms with E-state index in [0.29, 0.717) is 18.4 Å². The Morgan fingerprint density at radius 1 is 0.958 bits per heavy atom. The summed E-state index contributed by atoms with van der Waals surface area (Å²) in [6.45, 7) is 1.84. The summed E-state index contributed by atoms with van der Waals surface area (Å²) in [7, 11) is 0. The standard InChI is InChI=1S/C18H19N3O2S/c1-13-7-5-6-10-15(13)17(23)19-18(24)21-20-16(22)12-11-14-8-3-2-4-9-14/h2-10H,11-12H2,1H3,(H,20,22)(H2,19,21,23,24). The van der Waals surface area contributed by atoms with Gasteiger partial charge < -0.3 is 0 Å². The molecule has 2 rings (SSSR count). The number of rotatable bonds is 4. The molecule has 2 aromatic carbocycles. The predicted molar refractivity (Wildman–Crippen MR) is 97.3 cm³/mol. The van der Waals surface area contributed by atoms with Crippen LogP contribution in [0.1, 0.15) is 27.9 Å². The maximum atomic E-state index is 12.1. The first-order chi connectivity index (χ1) is 11.6. The Bertz CT molecular complexity index is 732. The first-order valence-electron chi connectivity index (χ1n) is 7.56. The number of hydrazine groups is 1. The molecule has 2 aromatic rings. The van der Waals surface area contributed by atoms with Gasteiger partial charge in [0.1, 0.15) is 0 Å². The molecule has 3 N–H and O–H groups in total. The van der Waals surface area contributed by atoms with Crippen LogP contribution in [0, 0.1) is 6.92 Å². The van der Waals surface area contributed by atoms with E-state index in [4.69, 9.17) is 12.2 Å². The molecule has 0 saturated carbocycles. The zero-order valence-corrected chi connectivity index (χ0v) is 14.2. The van der Waals surface area contributed by atoms with Gasteiger partial charge in [0.25, 0.3) is 5.91 Å². The number of thiocarbonyl (C=S) groups is 1. The van der Waals surface area contributed by atoms with E-state index in [1.54, 1.807) is 12.1 Å². The maximum Gasteiger partial charge on any atom is 0.257 e. The van der Waals surface area contributed by atoms with Gasteiger partial charge in [0.2, 0.25) is 5.91 Å². The van der Waals surface area contributed by atoms with Crippen molar-refractivity contribution in [2.45, 2.75) is 19.8 Å². The molecule has 124 valence electrons. The Kier molecular flexibility index (Phi) is 6.45. The van der Waals surface area contributed by atoms with Gasteiger partial charge in [0.15, 0.2) is 5.11 Å². The lowest BCUT2D eigenvalue weighted by molar-refractivity contribution is -0.121. The molecule has 0 bridgehead atoms. The van der Waals surface area contributed by atoms with Crippen LogP contribution in [0.4, 0.5) is 0 Å². The molecule has 0 unspecified atom stereocenters. The number of amides is 2. The highest BCUT2D eigenvalue weighted by atomic mass is 32.1. The van der Waals surface area contributed by atoms with Crippen LogP contribution < -0.4 is 16.2 Å². The van der Waals surface area contributed by atoms with Gasteiger partial charge in [-0.3, -0.25) is 25.8 Å². The quantitative estimate of drug-likeness (QED) is 0.589. The van der Waals surface area contributed by atoms with E-state index in [1.165, 1.54) is 0 Å². The van der Waals surface area contributed by atoms with E-state index >= 15 is 0 Å². The van der Waals surface area contributed by atoms with Crippen molar-refractivity contribution in [2.24, 2.45) is 0 Å². The molecule has 0 radical (unpaired) electrons.